The minimum absolute atomic E-state index is 0.00539. The van der Waals surface area contributed by atoms with Crippen LogP contribution in [-0.4, -0.2) is 5.60 Å². The molecule has 3 heteroatoms. The average Bonchev–Trinajstić information content (AvgIpc) is 2.55. The Morgan fingerprint density at radius 1 is 0.760 bits per heavy atom. The van der Waals surface area contributed by atoms with Gasteiger partial charge in [-0.3, -0.25) is 5.11 Å². The summed E-state index contributed by atoms with van der Waals surface area (Å²) in [6.07, 6.45) is 0. The summed E-state index contributed by atoms with van der Waals surface area (Å²) in [7, 11) is 0. The zero-order valence-corrected chi connectivity index (χ0v) is 14.7. The SMILES string of the molecule is CC(C)(C)Oc1cccc(Oc2ccccc2-c2ccc([O])cc2)c1. The van der Waals surface area contributed by atoms with Gasteiger partial charge in [0, 0.05) is 11.6 Å². The van der Waals surface area contributed by atoms with Crippen LogP contribution >= 0.6 is 0 Å². The van der Waals surface area contributed by atoms with Crippen molar-refractivity contribution in [1.82, 2.24) is 0 Å². The maximum atomic E-state index is 11.3. The van der Waals surface area contributed by atoms with Crippen molar-refractivity contribution in [2.45, 2.75) is 26.4 Å². The molecular weight excluding hydrogens is 312 g/mol. The summed E-state index contributed by atoms with van der Waals surface area (Å²) in [6.45, 7) is 6.03. The van der Waals surface area contributed by atoms with E-state index in [-0.39, 0.29) is 11.4 Å². The Morgan fingerprint density at radius 2 is 1.44 bits per heavy atom. The molecule has 3 nitrogen and oxygen atoms in total. The molecule has 0 heterocycles. The first-order valence-corrected chi connectivity index (χ1v) is 8.24. The van der Waals surface area contributed by atoms with Gasteiger partial charge in [0.1, 0.15) is 22.8 Å². The quantitative estimate of drug-likeness (QED) is 0.549. The lowest BCUT2D eigenvalue weighted by Gasteiger charge is -2.21. The Kier molecular flexibility index (Phi) is 4.66. The van der Waals surface area contributed by atoms with Crippen molar-refractivity contribution >= 4 is 0 Å². The molecule has 1 radical (unpaired) electrons. The van der Waals surface area contributed by atoms with Crippen molar-refractivity contribution in [3.8, 4) is 34.1 Å². The molecule has 0 aromatic heterocycles. The highest BCUT2D eigenvalue weighted by Crippen LogP contribution is 2.35. The fraction of sp³-hybridized carbons (Fsp3) is 0.182. The highest BCUT2D eigenvalue weighted by Gasteiger charge is 2.13. The summed E-state index contributed by atoms with van der Waals surface area (Å²) < 4.78 is 12.0. The smallest absolute Gasteiger partial charge is 0.178 e. The third-order valence-corrected chi connectivity index (χ3v) is 3.51. The van der Waals surface area contributed by atoms with E-state index in [1.54, 1.807) is 12.1 Å². The van der Waals surface area contributed by atoms with Gasteiger partial charge in [-0.2, -0.15) is 0 Å². The van der Waals surface area contributed by atoms with E-state index in [1.807, 2.05) is 81.4 Å². The molecule has 0 atom stereocenters. The lowest BCUT2D eigenvalue weighted by Crippen LogP contribution is -2.22. The second-order valence-corrected chi connectivity index (χ2v) is 6.81. The number of ether oxygens (including phenoxy) is 2. The Labute approximate surface area is 148 Å². The van der Waals surface area contributed by atoms with Crippen molar-refractivity contribution in [3.63, 3.8) is 0 Å². The van der Waals surface area contributed by atoms with Gasteiger partial charge in [-0.05, 0) is 56.7 Å². The number of benzene rings is 3. The lowest BCUT2D eigenvalue weighted by atomic mass is 10.0. The number of hydrogen-bond donors (Lipinski definition) is 0. The topological polar surface area (TPSA) is 38.4 Å². The zero-order chi connectivity index (χ0) is 17.9. The zero-order valence-electron chi connectivity index (χ0n) is 14.7. The molecule has 0 N–H and O–H groups in total. The highest BCUT2D eigenvalue weighted by molar-refractivity contribution is 5.71. The molecule has 25 heavy (non-hydrogen) atoms. The molecule has 0 fully saturated rings. The van der Waals surface area contributed by atoms with Crippen LogP contribution in [0.4, 0.5) is 0 Å². The summed E-state index contributed by atoms with van der Waals surface area (Å²) in [4.78, 5) is 0. The standard InChI is InChI=1S/C22H21O3/c1-22(2,3)25-19-8-6-7-18(15-19)24-21-10-5-4-9-20(21)16-11-13-17(23)14-12-16/h4-15H,1-3H3. The number of hydrogen-bond acceptors (Lipinski definition) is 2. The Morgan fingerprint density at radius 3 is 2.16 bits per heavy atom. The fourth-order valence-electron chi connectivity index (χ4n) is 2.51. The van der Waals surface area contributed by atoms with Gasteiger partial charge >= 0.3 is 0 Å². The molecule has 3 aromatic carbocycles. The molecule has 3 aromatic rings. The first-order chi connectivity index (χ1) is 11.9. The van der Waals surface area contributed by atoms with E-state index in [0.29, 0.717) is 5.75 Å². The molecule has 127 valence electrons. The maximum absolute atomic E-state index is 11.3. The Balaban J connectivity index is 1.89. The monoisotopic (exact) mass is 333 g/mol. The number of para-hydroxylation sites is 1. The molecule has 0 aliphatic heterocycles. The van der Waals surface area contributed by atoms with E-state index >= 15 is 0 Å². The van der Waals surface area contributed by atoms with E-state index in [0.717, 1.165) is 22.6 Å². The van der Waals surface area contributed by atoms with Crippen molar-refractivity contribution in [2.24, 2.45) is 0 Å². The van der Waals surface area contributed by atoms with Gasteiger partial charge in [0.05, 0.1) is 0 Å². The molecule has 0 amide bonds. The average molecular weight is 333 g/mol. The predicted octanol–water partition coefficient (Wildman–Crippen LogP) is 6.47. The van der Waals surface area contributed by atoms with E-state index in [1.165, 1.54) is 0 Å². The van der Waals surface area contributed by atoms with Crippen molar-refractivity contribution in [2.75, 3.05) is 0 Å². The molecule has 0 bridgehead atoms. The minimum Gasteiger partial charge on any atom is -0.488 e. The van der Waals surface area contributed by atoms with Gasteiger partial charge in [-0.1, -0.05) is 36.4 Å². The van der Waals surface area contributed by atoms with Crippen LogP contribution in [-0.2, 0) is 5.11 Å². The summed E-state index contributed by atoms with van der Waals surface area (Å²) in [6, 6.07) is 22.1. The van der Waals surface area contributed by atoms with Crippen LogP contribution in [0.3, 0.4) is 0 Å². The van der Waals surface area contributed by atoms with Gasteiger partial charge in [0.25, 0.3) is 0 Å². The van der Waals surface area contributed by atoms with Crippen molar-refractivity contribution in [3.05, 3.63) is 72.8 Å². The van der Waals surface area contributed by atoms with Gasteiger partial charge in [0.15, 0.2) is 5.75 Å². The van der Waals surface area contributed by atoms with E-state index in [2.05, 4.69) is 0 Å². The third kappa shape index (κ3) is 4.54. The molecule has 3 rings (SSSR count). The maximum Gasteiger partial charge on any atom is 0.178 e. The van der Waals surface area contributed by atoms with Crippen LogP contribution < -0.4 is 9.47 Å². The van der Waals surface area contributed by atoms with Crippen molar-refractivity contribution < 1.29 is 14.6 Å². The Bertz CT molecular complexity index is 846. The van der Waals surface area contributed by atoms with Crippen LogP contribution in [0.2, 0.25) is 0 Å². The van der Waals surface area contributed by atoms with E-state index in [9.17, 15) is 5.11 Å². The first-order valence-electron chi connectivity index (χ1n) is 8.24. The van der Waals surface area contributed by atoms with Gasteiger partial charge < -0.3 is 9.47 Å². The second kappa shape index (κ2) is 6.89. The third-order valence-electron chi connectivity index (χ3n) is 3.51. The second-order valence-electron chi connectivity index (χ2n) is 6.81. The van der Waals surface area contributed by atoms with Gasteiger partial charge in [-0.25, -0.2) is 0 Å². The predicted molar refractivity (Wildman–Crippen MR) is 98.9 cm³/mol. The summed E-state index contributed by atoms with van der Waals surface area (Å²) >= 11 is 0. The van der Waals surface area contributed by atoms with Crippen LogP contribution in [0.5, 0.6) is 23.0 Å². The largest absolute Gasteiger partial charge is 0.488 e. The minimum atomic E-state index is -0.267. The highest BCUT2D eigenvalue weighted by atomic mass is 16.5. The van der Waals surface area contributed by atoms with Crippen LogP contribution in [0.25, 0.3) is 11.1 Å². The molecule has 0 saturated carbocycles. The molecule has 0 saturated heterocycles. The molecule has 0 aliphatic rings. The number of rotatable bonds is 4. The normalized spacial score (nSPS) is 11.2. The summed E-state index contributed by atoms with van der Waals surface area (Å²) in [5, 5.41) is 11.3. The van der Waals surface area contributed by atoms with Crippen LogP contribution in [0.1, 0.15) is 20.8 Å². The summed E-state index contributed by atoms with van der Waals surface area (Å²) in [5.41, 5.74) is 1.61. The molecule has 0 aliphatic carbocycles. The van der Waals surface area contributed by atoms with Gasteiger partial charge in [-0.15, -0.1) is 0 Å². The van der Waals surface area contributed by atoms with Crippen LogP contribution in [0, 0.1) is 0 Å². The first kappa shape index (κ1) is 16.9. The van der Waals surface area contributed by atoms with E-state index in [4.69, 9.17) is 9.47 Å². The van der Waals surface area contributed by atoms with Gasteiger partial charge in [0.2, 0.25) is 0 Å². The van der Waals surface area contributed by atoms with E-state index < -0.39 is 0 Å². The summed E-state index contributed by atoms with van der Waals surface area (Å²) in [5.74, 6) is 2.19. The molecule has 0 unspecified atom stereocenters. The molecule has 0 spiro atoms. The fourth-order valence-corrected chi connectivity index (χ4v) is 2.51. The Hall–Kier alpha value is -2.94. The van der Waals surface area contributed by atoms with Crippen LogP contribution in [0.15, 0.2) is 72.8 Å². The molecular formula is C22H21O3. The lowest BCUT2D eigenvalue weighted by molar-refractivity contribution is 0.130. The van der Waals surface area contributed by atoms with Crippen molar-refractivity contribution in [1.29, 1.82) is 0 Å².